The number of amides is 2. The summed E-state index contributed by atoms with van der Waals surface area (Å²) in [7, 11) is 0. The van der Waals surface area contributed by atoms with Gasteiger partial charge in [0.2, 0.25) is 0 Å². The van der Waals surface area contributed by atoms with E-state index in [0.29, 0.717) is 5.02 Å². The van der Waals surface area contributed by atoms with Gasteiger partial charge in [-0.1, -0.05) is 11.6 Å². The van der Waals surface area contributed by atoms with Gasteiger partial charge in [-0.15, -0.1) is 0 Å². The van der Waals surface area contributed by atoms with Crippen molar-refractivity contribution in [1.29, 1.82) is 0 Å². The quantitative estimate of drug-likeness (QED) is 0.645. The van der Waals surface area contributed by atoms with Crippen LogP contribution in [0.15, 0.2) is 47.7 Å². The third kappa shape index (κ3) is 2.89. The summed E-state index contributed by atoms with van der Waals surface area (Å²) in [6, 6.07) is 10.4. The molecule has 0 aliphatic heterocycles. The van der Waals surface area contributed by atoms with Crippen molar-refractivity contribution >= 4 is 23.8 Å². The molecule has 5 nitrogen and oxygen atoms in total. The average Bonchev–Trinajstić information content (AvgIpc) is 2.78. The van der Waals surface area contributed by atoms with Crippen molar-refractivity contribution in [2.75, 3.05) is 0 Å². The highest BCUT2D eigenvalue weighted by Gasteiger charge is 2.01. The van der Waals surface area contributed by atoms with E-state index in [-0.39, 0.29) is 0 Å². The molecule has 1 heterocycles. The first-order valence-corrected chi connectivity index (χ1v) is 5.56. The molecule has 1 aromatic carbocycles. The Labute approximate surface area is 109 Å². The summed E-state index contributed by atoms with van der Waals surface area (Å²) < 4.78 is 1.91. The molecule has 0 unspecified atom stereocenters. The number of nitrogens with one attached hydrogen (secondary N) is 1. The van der Waals surface area contributed by atoms with E-state index in [1.807, 2.05) is 35.0 Å². The third-order valence-corrected chi connectivity index (χ3v) is 2.51. The zero-order valence-corrected chi connectivity index (χ0v) is 10.1. The molecule has 0 spiro atoms. The molecule has 92 valence electrons. The van der Waals surface area contributed by atoms with Crippen molar-refractivity contribution in [1.82, 2.24) is 9.99 Å². The van der Waals surface area contributed by atoms with Gasteiger partial charge in [0, 0.05) is 16.9 Å². The zero-order chi connectivity index (χ0) is 13.0. The van der Waals surface area contributed by atoms with Crippen molar-refractivity contribution < 1.29 is 4.79 Å². The van der Waals surface area contributed by atoms with E-state index in [1.165, 1.54) is 6.21 Å². The number of aromatic nitrogens is 1. The molecule has 2 amide bonds. The van der Waals surface area contributed by atoms with Crippen LogP contribution < -0.4 is 11.2 Å². The number of benzene rings is 1. The number of hydrogen-bond donors (Lipinski definition) is 2. The van der Waals surface area contributed by atoms with Gasteiger partial charge in [0.15, 0.2) is 0 Å². The lowest BCUT2D eigenvalue weighted by Crippen LogP contribution is -2.24. The first-order valence-electron chi connectivity index (χ1n) is 5.18. The first-order chi connectivity index (χ1) is 8.66. The largest absolute Gasteiger partial charge is 0.350 e. The monoisotopic (exact) mass is 262 g/mol. The van der Waals surface area contributed by atoms with Crippen molar-refractivity contribution in [3.05, 3.63) is 53.3 Å². The molecule has 0 bridgehead atoms. The molecule has 0 radical (unpaired) electrons. The number of nitrogens with zero attached hydrogens (tertiary/aromatic N) is 2. The first kappa shape index (κ1) is 12.2. The predicted molar refractivity (Wildman–Crippen MR) is 71.1 cm³/mol. The van der Waals surface area contributed by atoms with Crippen LogP contribution in [0.2, 0.25) is 5.02 Å². The van der Waals surface area contributed by atoms with Crippen LogP contribution in [0, 0.1) is 0 Å². The molecule has 0 aliphatic rings. The fourth-order valence-electron chi connectivity index (χ4n) is 1.50. The summed E-state index contributed by atoms with van der Waals surface area (Å²) >= 11 is 5.83. The number of carbonyl (C=O) groups excluding carboxylic acids is 1. The van der Waals surface area contributed by atoms with E-state index in [2.05, 4.69) is 10.5 Å². The molecule has 1 aromatic heterocycles. The summed E-state index contributed by atoms with van der Waals surface area (Å²) in [5, 5.41) is 4.40. The van der Waals surface area contributed by atoms with Crippen molar-refractivity contribution in [2.24, 2.45) is 10.8 Å². The molecule has 18 heavy (non-hydrogen) atoms. The Morgan fingerprint density at radius 2 is 2.06 bits per heavy atom. The number of primary amides is 1. The predicted octanol–water partition coefficient (Wildman–Crippen LogP) is 2.13. The Bertz CT molecular complexity index is 574. The molecule has 0 fully saturated rings. The van der Waals surface area contributed by atoms with Gasteiger partial charge in [-0.2, -0.15) is 5.10 Å². The Morgan fingerprint density at radius 3 is 2.72 bits per heavy atom. The third-order valence-electron chi connectivity index (χ3n) is 2.26. The topological polar surface area (TPSA) is 72.4 Å². The van der Waals surface area contributed by atoms with Gasteiger partial charge < -0.3 is 10.3 Å². The zero-order valence-electron chi connectivity index (χ0n) is 9.38. The summed E-state index contributed by atoms with van der Waals surface area (Å²) in [5.41, 5.74) is 8.82. The van der Waals surface area contributed by atoms with Crippen molar-refractivity contribution in [3.63, 3.8) is 0 Å². The van der Waals surface area contributed by atoms with Crippen LogP contribution in [0.5, 0.6) is 0 Å². The lowest BCUT2D eigenvalue weighted by molar-refractivity contribution is 0.249. The van der Waals surface area contributed by atoms with Crippen LogP contribution >= 0.6 is 11.6 Å². The number of halogens is 1. The van der Waals surface area contributed by atoms with Gasteiger partial charge in [-0.25, -0.2) is 10.2 Å². The number of rotatable bonds is 3. The Kier molecular flexibility index (Phi) is 3.64. The minimum Gasteiger partial charge on any atom is -0.350 e. The van der Waals surface area contributed by atoms with Crippen LogP contribution in [0.4, 0.5) is 4.79 Å². The fourth-order valence-corrected chi connectivity index (χ4v) is 1.62. The smallest absolute Gasteiger partial charge is 0.332 e. The second-order valence-corrected chi connectivity index (χ2v) is 3.95. The number of carbonyl (C=O) groups is 1. The summed E-state index contributed by atoms with van der Waals surface area (Å²) in [6.07, 6.45) is 3.40. The van der Waals surface area contributed by atoms with Gasteiger partial charge >= 0.3 is 6.03 Å². The summed E-state index contributed by atoms with van der Waals surface area (Å²) in [6.45, 7) is 0. The Morgan fingerprint density at radius 1 is 1.33 bits per heavy atom. The van der Waals surface area contributed by atoms with Crippen LogP contribution in [-0.2, 0) is 0 Å². The van der Waals surface area contributed by atoms with E-state index in [1.54, 1.807) is 12.1 Å². The maximum absolute atomic E-state index is 10.5. The number of urea groups is 1. The van der Waals surface area contributed by atoms with E-state index >= 15 is 0 Å². The van der Waals surface area contributed by atoms with Gasteiger partial charge in [0.05, 0.1) is 11.9 Å². The highest BCUT2D eigenvalue weighted by molar-refractivity contribution is 6.30. The van der Waals surface area contributed by atoms with Crippen LogP contribution in [-0.4, -0.2) is 16.8 Å². The lowest BCUT2D eigenvalue weighted by atomic mass is 10.3. The van der Waals surface area contributed by atoms with E-state index in [4.69, 9.17) is 17.3 Å². The highest BCUT2D eigenvalue weighted by Crippen LogP contribution is 2.15. The summed E-state index contributed by atoms with van der Waals surface area (Å²) in [4.78, 5) is 10.5. The molecule has 2 rings (SSSR count). The van der Waals surface area contributed by atoms with Crippen molar-refractivity contribution in [3.8, 4) is 5.69 Å². The SMILES string of the molecule is NC(=O)N/N=C/c1cccn1-c1ccc(Cl)cc1. The molecule has 0 saturated heterocycles. The lowest BCUT2D eigenvalue weighted by Gasteiger charge is -2.05. The maximum Gasteiger partial charge on any atom is 0.332 e. The average molecular weight is 263 g/mol. The molecular weight excluding hydrogens is 252 g/mol. The highest BCUT2D eigenvalue weighted by atomic mass is 35.5. The number of hydrazone groups is 1. The second kappa shape index (κ2) is 5.37. The van der Waals surface area contributed by atoms with Gasteiger partial charge in [-0.3, -0.25) is 0 Å². The molecule has 6 heteroatoms. The maximum atomic E-state index is 10.5. The molecule has 0 saturated carbocycles. The number of nitrogens with two attached hydrogens (primary N) is 1. The molecular formula is C12H11ClN4O. The molecule has 2 aromatic rings. The number of hydrogen-bond acceptors (Lipinski definition) is 2. The van der Waals surface area contributed by atoms with Crippen molar-refractivity contribution in [2.45, 2.75) is 0 Å². The normalized spacial score (nSPS) is 10.7. The van der Waals surface area contributed by atoms with E-state index in [9.17, 15) is 4.79 Å². The Balaban J connectivity index is 2.24. The fraction of sp³-hybridized carbons (Fsp3) is 0. The van der Waals surface area contributed by atoms with Gasteiger partial charge in [0.25, 0.3) is 0 Å². The second-order valence-electron chi connectivity index (χ2n) is 3.51. The summed E-state index contributed by atoms with van der Waals surface area (Å²) in [5.74, 6) is 0. The minimum atomic E-state index is -0.698. The van der Waals surface area contributed by atoms with Gasteiger partial charge in [0.1, 0.15) is 0 Å². The molecule has 0 atom stereocenters. The van der Waals surface area contributed by atoms with Crippen LogP contribution in [0.1, 0.15) is 5.69 Å². The van der Waals surface area contributed by atoms with Crippen LogP contribution in [0.25, 0.3) is 5.69 Å². The minimum absolute atomic E-state index is 0.677. The van der Waals surface area contributed by atoms with E-state index < -0.39 is 6.03 Å². The standard InChI is InChI=1S/C12H11ClN4O/c13-9-3-5-10(6-4-9)17-7-1-2-11(17)8-15-16-12(14)18/h1-8H,(H3,14,16,18)/b15-8+. The molecule has 3 N–H and O–H groups in total. The molecule has 0 aliphatic carbocycles. The van der Waals surface area contributed by atoms with E-state index in [0.717, 1.165) is 11.4 Å². The van der Waals surface area contributed by atoms with Crippen LogP contribution in [0.3, 0.4) is 0 Å². The van der Waals surface area contributed by atoms with Gasteiger partial charge in [-0.05, 0) is 36.4 Å². The Hall–Kier alpha value is -2.27.